The van der Waals surface area contributed by atoms with Gasteiger partial charge in [-0.25, -0.2) is 4.98 Å². The maximum absolute atomic E-state index is 5.77. The van der Waals surface area contributed by atoms with Gasteiger partial charge in [0, 0.05) is 23.6 Å². The van der Waals surface area contributed by atoms with Crippen molar-refractivity contribution in [1.29, 1.82) is 0 Å². The van der Waals surface area contributed by atoms with Gasteiger partial charge in [0.05, 0.1) is 13.2 Å². The van der Waals surface area contributed by atoms with Crippen LogP contribution in [0.2, 0.25) is 0 Å². The van der Waals surface area contributed by atoms with Crippen LogP contribution in [0.3, 0.4) is 0 Å². The Morgan fingerprint density at radius 2 is 2.21 bits per heavy atom. The van der Waals surface area contributed by atoms with Crippen molar-refractivity contribution >= 4 is 16.8 Å². The molecule has 2 fully saturated rings. The topological polar surface area (TPSA) is 47.3 Å². The molecule has 2 aromatic rings. The number of oxazole rings is 1. The summed E-state index contributed by atoms with van der Waals surface area (Å²) in [5.41, 5.74) is 3.24. The highest BCUT2D eigenvalue weighted by molar-refractivity contribution is 5.77. The molecule has 1 N–H and O–H groups in total. The molecule has 0 atom stereocenters. The zero-order chi connectivity index (χ0) is 12.9. The fourth-order valence-electron chi connectivity index (χ4n) is 2.43. The molecule has 4 nitrogen and oxygen atoms in total. The van der Waals surface area contributed by atoms with Crippen molar-refractivity contribution in [1.82, 2.24) is 4.98 Å². The molecule has 1 saturated heterocycles. The maximum atomic E-state index is 5.77. The van der Waals surface area contributed by atoms with Crippen molar-refractivity contribution in [2.24, 2.45) is 5.41 Å². The van der Waals surface area contributed by atoms with Crippen molar-refractivity contribution in [2.45, 2.75) is 25.7 Å². The molecule has 2 heterocycles. The van der Waals surface area contributed by atoms with E-state index in [0.29, 0.717) is 5.92 Å². The molecule has 0 amide bonds. The van der Waals surface area contributed by atoms with Crippen molar-refractivity contribution < 1.29 is 9.15 Å². The van der Waals surface area contributed by atoms with Crippen molar-refractivity contribution in [2.75, 3.05) is 25.1 Å². The molecule has 4 heteroatoms. The Hall–Kier alpha value is -1.55. The average Bonchev–Trinajstić information content (AvgIpc) is 3.14. The largest absolute Gasteiger partial charge is 0.440 e. The van der Waals surface area contributed by atoms with Crippen LogP contribution in [0, 0.1) is 5.41 Å². The van der Waals surface area contributed by atoms with Crippen molar-refractivity contribution in [3.63, 3.8) is 0 Å². The highest BCUT2D eigenvalue weighted by Gasteiger charge is 2.33. The lowest BCUT2D eigenvalue weighted by Gasteiger charge is -2.38. The number of ether oxygens (including phenoxy) is 1. The number of nitrogens with zero attached hydrogens (tertiary/aromatic N) is 1. The van der Waals surface area contributed by atoms with E-state index < -0.39 is 0 Å². The van der Waals surface area contributed by atoms with E-state index in [1.807, 2.05) is 6.07 Å². The summed E-state index contributed by atoms with van der Waals surface area (Å²) in [6.07, 6.45) is 2.44. The second kappa shape index (κ2) is 3.97. The van der Waals surface area contributed by atoms with E-state index in [1.165, 1.54) is 12.8 Å². The standard InChI is InChI=1S/C15H18N2O2/c1-15(8-18-9-15)7-16-11-4-5-13-12(6-11)17-14(19-13)10-2-3-10/h4-6,10,16H,2-3,7-9H2,1H3. The van der Waals surface area contributed by atoms with Crippen molar-refractivity contribution in [3.05, 3.63) is 24.1 Å². The molecule has 19 heavy (non-hydrogen) atoms. The lowest BCUT2D eigenvalue weighted by Crippen LogP contribution is -2.45. The van der Waals surface area contributed by atoms with Crippen LogP contribution < -0.4 is 5.32 Å². The first-order valence-electron chi connectivity index (χ1n) is 6.94. The average molecular weight is 258 g/mol. The number of nitrogens with one attached hydrogen (secondary N) is 1. The smallest absolute Gasteiger partial charge is 0.198 e. The third-order valence-electron chi connectivity index (χ3n) is 3.95. The van der Waals surface area contributed by atoms with Gasteiger partial charge in [-0.3, -0.25) is 0 Å². The zero-order valence-electron chi connectivity index (χ0n) is 11.1. The van der Waals surface area contributed by atoms with Gasteiger partial charge in [0.25, 0.3) is 0 Å². The molecule has 1 aliphatic carbocycles. The second-order valence-corrected chi connectivity index (χ2v) is 6.17. The predicted molar refractivity (Wildman–Crippen MR) is 73.4 cm³/mol. The van der Waals surface area contributed by atoms with E-state index >= 15 is 0 Å². The highest BCUT2D eigenvalue weighted by atomic mass is 16.5. The van der Waals surface area contributed by atoms with Gasteiger partial charge in [-0.15, -0.1) is 0 Å². The normalized spacial score (nSPS) is 21.3. The second-order valence-electron chi connectivity index (χ2n) is 6.17. The molecule has 0 bridgehead atoms. The predicted octanol–water partition coefficient (Wildman–Crippen LogP) is 3.15. The summed E-state index contributed by atoms with van der Waals surface area (Å²) >= 11 is 0. The first-order chi connectivity index (χ1) is 9.22. The minimum atomic E-state index is 0.276. The van der Waals surface area contributed by atoms with Crippen LogP contribution in [0.5, 0.6) is 0 Å². The summed E-state index contributed by atoms with van der Waals surface area (Å²) in [4.78, 5) is 4.58. The van der Waals surface area contributed by atoms with Gasteiger partial charge in [-0.05, 0) is 31.0 Å². The quantitative estimate of drug-likeness (QED) is 0.915. The molecule has 100 valence electrons. The first-order valence-corrected chi connectivity index (χ1v) is 6.94. The van der Waals surface area contributed by atoms with E-state index in [0.717, 1.165) is 42.4 Å². The molecule has 0 radical (unpaired) electrons. The lowest BCUT2D eigenvalue weighted by molar-refractivity contribution is -0.0924. The van der Waals surface area contributed by atoms with Gasteiger partial charge < -0.3 is 14.5 Å². The molecule has 1 aromatic heterocycles. The summed E-state index contributed by atoms with van der Waals surface area (Å²) in [6.45, 7) is 4.87. The Morgan fingerprint density at radius 1 is 1.37 bits per heavy atom. The summed E-state index contributed by atoms with van der Waals surface area (Å²) in [5.74, 6) is 1.47. The highest BCUT2D eigenvalue weighted by Crippen LogP contribution is 2.40. The molecular formula is C15H18N2O2. The monoisotopic (exact) mass is 258 g/mol. The Kier molecular flexibility index (Phi) is 2.36. The summed E-state index contributed by atoms with van der Waals surface area (Å²) < 4.78 is 11.0. The first kappa shape index (κ1) is 11.3. The van der Waals surface area contributed by atoms with E-state index in [2.05, 4.69) is 29.4 Å². The molecule has 1 aromatic carbocycles. The molecule has 1 aliphatic heterocycles. The lowest BCUT2D eigenvalue weighted by atomic mass is 9.89. The zero-order valence-corrected chi connectivity index (χ0v) is 11.1. The summed E-state index contributed by atoms with van der Waals surface area (Å²) in [7, 11) is 0. The minimum absolute atomic E-state index is 0.276. The number of hydrogen-bond donors (Lipinski definition) is 1. The molecule has 0 spiro atoms. The van der Waals surface area contributed by atoms with Crippen LogP contribution in [0.1, 0.15) is 31.6 Å². The SMILES string of the molecule is CC1(CNc2ccc3oc(C4CC4)nc3c2)COC1. The number of benzene rings is 1. The van der Waals surface area contributed by atoms with Crippen LogP contribution in [-0.2, 0) is 4.74 Å². The third kappa shape index (κ3) is 2.10. The van der Waals surface area contributed by atoms with E-state index in [1.54, 1.807) is 0 Å². The van der Waals surface area contributed by atoms with E-state index in [4.69, 9.17) is 9.15 Å². The van der Waals surface area contributed by atoms with E-state index in [9.17, 15) is 0 Å². The molecule has 1 saturated carbocycles. The van der Waals surface area contributed by atoms with Crippen LogP contribution in [0.25, 0.3) is 11.1 Å². The van der Waals surface area contributed by atoms with Gasteiger partial charge in [0.15, 0.2) is 11.5 Å². The fraction of sp³-hybridized carbons (Fsp3) is 0.533. The van der Waals surface area contributed by atoms with Crippen LogP contribution in [0.4, 0.5) is 5.69 Å². The minimum Gasteiger partial charge on any atom is -0.440 e. The van der Waals surface area contributed by atoms with Gasteiger partial charge in [0.1, 0.15) is 5.52 Å². The number of aromatic nitrogens is 1. The maximum Gasteiger partial charge on any atom is 0.198 e. The Balaban J connectivity index is 1.53. The van der Waals surface area contributed by atoms with Gasteiger partial charge >= 0.3 is 0 Å². The summed E-state index contributed by atoms with van der Waals surface area (Å²) in [5, 5.41) is 3.47. The van der Waals surface area contributed by atoms with Crippen LogP contribution in [0.15, 0.2) is 22.6 Å². The van der Waals surface area contributed by atoms with Gasteiger partial charge in [-0.1, -0.05) is 6.92 Å². The Bertz CT molecular complexity index is 612. The Labute approximate surface area is 112 Å². The number of fused-ring (bicyclic) bond motifs is 1. The third-order valence-corrected chi connectivity index (χ3v) is 3.95. The van der Waals surface area contributed by atoms with Gasteiger partial charge in [-0.2, -0.15) is 0 Å². The molecule has 2 aliphatic rings. The summed E-state index contributed by atoms with van der Waals surface area (Å²) in [6, 6.07) is 6.15. The Morgan fingerprint density at radius 3 is 2.89 bits per heavy atom. The van der Waals surface area contributed by atoms with Gasteiger partial charge in [0.2, 0.25) is 0 Å². The van der Waals surface area contributed by atoms with E-state index in [-0.39, 0.29) is 5.41 Å². The van der Waals surface area contributed by atoms with Crippen molar-refractivity contribution in [3.8, 4) is 0 Å². The molecular weight excluding hydrogens is 240 g/mol. The van der Waals surface area contributed by atoms with Crippen LogP contribution in [-0.4, -0.2) is 24.7 Å². The molecule has 0 unspecified atom stereocenters. The molecule has 4 rings (SSSR count). The number of hydrogen-bond acceptors (Lipinski definition) is 4. The van der Waals surface area contributed by atoms with Crippen LogP contribution >= 0.6 is 0 Å². The number of rotatable bonds is 4. The fourth-order valence-corrected chi connectivity index (χ4v) is 2.43. The number of anilines is 1.